The minimum atomic E-state index is -3.44. The fourth-order valence-electron chi connectivity index (χ4n) is 3.45. The van der Waals surface area contributed by atoms with Crippen molar-refractivity contribution in [1.29, 1.82) is 0 Å². The van der Waals surface area contributed by atoms with Crippen LogP contribution in [0.5, 0.6) is 0 Å². The van der Waals surface area contributed by atoms with Gasteiger partial charge >= 0.3 is 0 Å². The molecular weight excluding hydrogens is 352 g/mol. The van der Waals surface area contributed by atoms with Crippen LogP contribution in [-0.4, -0.2) is 68.8 Å². The van der Waals surface area contributed by atoms with E-state index in [4.69, 9.17) is 0 Å². The van der Waals surface area contributed by atoms with Gasteiger partial charge in [-0.1, -0.05) is 6.42 Å². The second-order valence-corrected chi connectivity index (χ2v) is 8.88. The Labute approximate surface area is 155 Å². The van der Waals surface area contributed by atoms with Crippen molar-refractivity contribution in [3.8, 4) is 0 Å². The van der Waals surface area contributed by atoms with Gasteiger partial charge in [0.1, 0.15) is 0 Å². The number of hydrogen-bond acceptors (Lipinski definition) is 5. The SMILES string of the molecule is C[C@H](C(=O)Nc1ccc(S(=O)(=O)N2CCCCC2)cc1)N1CCNCC1. The normalized spacial score (nSPS) is 21.3. The molecule has 26 heavy (non-hydrogen) atoms. The van der Waals surface area contributed by atoms with Crippen LogP contribution < -0.4 is 10.6 Å². The number of amides is 1. The average molecular weight is 381 g/mol. The Morgan fingerprint density at radius 2 is 1.65 bits per heavy atom. The first-order valence-corrected chi connectivity index (χ1v) is 10.8. The van der Waals surface area contributed by atoms with Crippen LogP contribution in [0, 0.1) is 0 Å². The maximum atomic E-state index is 12.7. The summed E-state index contributed by atoms with van der Waals surface area (Å²) in [6, 6.07) is 6.27. The van der Waals surface area contributed by atoms with Gasteiger partial charge in [-0.25, -0.2) is 8.42 Å². The van der Waals surface area contributed by atoms with Crippen molar-refractivity contribution in [2.75, 3.05) is 44.6 Å². The van der Waals surface area contributed by atoms with E-state index in [-0.39, 0.29) is 16.8 Å². The van der Waals surface area contributed by atoms with Crippen molar-refractivity contribution in [3.05, 3.63) is 24.3 Å². The lowest BCUT2D eigenvalue weighted by molar-refractivity contribution is -0.120. The summed E-state index contributed by atoms with van der Waals surface area (Å²) in [5, 5.41) is 6.16. The second-order valence-electron chi connectivity index (χ2n) is 6.94. The van der Waals surface area contributed by atoms with E-state index in [1.165, 1.54) is 0 Å². The Balaban J connectivity index is 1.62. The predicted octanol–water partition coefficient (Wildman–Crippen LogP) is 1.09. The van der Waals surface area contributed by atoms with Crippen molar-refractivity contribution in [2.24, 2.45) is 0 Å². The van der Waals surface area contributed by atoms with Crippen LogP contribution >= 0.6 is 0 Å². The van der Waals surface area contributed by atoms with E-state index in [0.717, 1.165) is 45.4 Å². The molecule has 1 amide bonds. The lowest BCUT2D eigenvalue weighted by Gasteiger charge is -2.31. The van der Waals surface area contributed by atoms with Gasteiger partial charge in [0.15, 0.2) is 0 Å². The molecule has 2 N–H and O–H groups in total. The molecule has 2 fully saturated rings. The Bertz CT molecular complexity index is 708. The van der Waals surface area contributed by atoms with Gasteiger partial charge in [0, 0.05) is 45.0 Å². The molecule has 2 aliphatic rings. The van der Waals surface area contributed by atoms with E-state index in [2.05, 4.69) is 15.5 Å². The molecule has 0 aliphatic carbocycles. The highest BCUT2D eigenvalue weighted by atomic mass is 32.2. The first-order valence-electron chi connectivity index (χ1n) is 9.34. The van der Waals surface area contributed by atoms with Crippen LogP contribution in [0.2, 0.25) is 0 Å². The fraction of sp³-hybridized carbons (Fsp3) is 0.611. The summed E-state index contributed by atoms with van der Waals surface area (Å²) >= 11 is 0. The van der Waals surface area contributed by atoms with Crippen LogP contribution in [0.15, 0.2) is 29.2 Å². The monoisotopic (exact) mass is 380 g/mol. The highest BCUT2D eigenvalue weighted by Gasteiger charge is 2.26. The van der Waals surface area contributed by atoms with E-state index >= 15 is 0 Å². The standard InChI is InChI=1S/C18H28N4O3S/c1-15(21-13-9-19-10-14-21)18(23)20-16-5-7-17(8-6-16)26(24,25)22-11-3-2-4-12-22/h5-8,15,19H,2-4,9-14H2,1H3,(H,20,23)/t15-/m1/s1. The van der Waals surface area contributed by atoms with E-state index in [1.807, 2.05) is 6.92 Å². The summed E-state index contributed by atoms with van der Waals surface area (Å²) in [7, 11) is -3.44. The van der Waals surface area contributed by atoms with E-state index < -0.39 is 10.0 Å². The second kappa shape index (κ2) is 8.47. The molecule has 7 nitrogen and oxygen atoms in total. The number of benzene rings is 1. The molecule has 3 rings (SSSR count). The van der Waals surface area contributed by atoms with E-state index in [0.29, 0.717) is 18.8 Å². The first-order chi connectivity index (χ1) is 12.5. The Kier molecular flexibility index (Phi) is 6.29. The molecule has 1 atom stereocenters. The van der Waals surface area contributed by atoms with Crippen LogP contribution in [0.4, 0.5) is 5.69 Å². The molecule has 1 aromatic carbocycles. The zero-order chi connectivity index (χ0) is 18.6. The Hall–Kier alpha value is -1.48. The minimum Gasteiger partial charge on any atom is -0.325 e. The van der Waals surface area contributed by atoms with Gasteiger partial charge in [0.05, 0.1) is 10.9 Å². The zero-order valence-corrected chi connectivity index (χ0v) is 16.1. The van der Waals surface area contributed by atoms with Crippen LogP contribution in [-0.2, 0) is 14.8 Å². The number of carbonyl (C=O) groups excluding carboxylic acids is 1. The molecule has 0 saturated carbocycles. The molecule has 0 spiro atoms. The molecule has 144 valence electrons. The topological polar surface area (TPSA) is 81.8 Å². The molecule has 0 bridgehead atoms. The Morgan fingerprint density at radius 1 is 1.04 bits per heavy atom. The number of anilines is 1. The molecule has 2 saturated heterocycles. The van der Waals surface area contributed by atoms with Gasteiger partial charge in [-0.3, -0.25) is 9.69 Å². The van der Waals surface area contributed by atoms with E-state index in [9.17, 15) is 13.2 Å². The van der Waals surface area contributed by atoms with Crippen molar-refractivity contribution < 1.29 is 13.2 Å². The molecule has 2 aliphatic heterocycles. The number of hydrogen-bond donors (Lipinski definition) is 2. The predicted molar refractivity (Wildman–Crippen MR) is 102 cm³/mol. The van der Waals surface area contributed by atoms with Gasteiger partial charge in [-0.05, 0) is 44.0 Å². The van der Waals surface area contributed by atoms with Crippen LogP contribution in [0.3, 0.4) is 0 Å². The van der Waals surface area contributed by atoms with Gasteiger partial charge in [-0.2, -0.15) is 4.31 Å². The zero-order valence-electron chi connectivity index (χ0n) is 15.3. The van der Waals surface area contributed by atoms with Gasteiger partial charge < -0.3 is 10.6 Å². The molecule has 1 aromatic rings. The number of rotatable bonds is 5. The third kappa shape index (κ3) is 4.43. The lowest BCUT2D eigenvalue weighted by Crippen LogP contribution is -2.51. The van der Waals surface area contributed by atoms with Crippen LogP contribution in [0.1, 0.15) is 26.2 Å². The van der Waals surface area contributed by atoms with Gasteiger partial charge in [0.2, 0.25) is 15.9 Å². The third-order valence-corrected chi connectivity index (χ3v) is 7.07. The number of piperidine rings is 1. The highest BCUT2D eigenvalue weighted by molar-refractivity contribution is 7.89. The van der Waals surface area contributed by atoms with Crippen LogP contribution in [0.25, 0.3) is 0 Å². The van der Waals surface area contributed by atoms with Crippen molar-refractivity contribution in [2.45, 2.75) is 37.1 Å². The van der Waals surface area contributed by atoms with E-state index in [1.54, 1.807) is 28.6 Å². The average Bonchev–Trinajstić information content (AvgIpc) is 2.69. The molecule has 8 heteroatoms. The summed E-state index contributed by atoms with van der Waals surface area (Å²) < 4.78 is 26.9. The number of nitrogens with zero attached hydrogens (tertiary/aromatic N) is 2. The molecule has 0 unspecified atom stereocenters. The molecule has 0 radical (unpaired) electrons. The fourth-order valence-corrected chi connectivity index (χ4v) is 4.96. The first kappa shape index (κ1) is 19.3. The van der Waals surface area contributed by atoms with Gasteiger partial charge in [0.25, 0.3) is 0 Å². The summed E-state index contributed by atoms with van der Waals surface area (Å²) in [4.78, 5) is 14.9. The van der Waals surface area contributed by atoms with Crippen molar-refractivity contribution >= 4 is 21.6 Å². The van der Waals surface area contributed by atoms with Crippen molar-refractivity contribution in [3.63, 3.8) is 0 Å². The third-order valence-electron chi connectivity index (χ3n) is 5.15. The maximum absolute atomic E-state index is 12.7. The summed E-state index contributed by atoms with van der Waals surface area (Å²) in [6.07, 6.45) is 2.91. The largest absolute Gasteiger partial charge is 0.325 e. The summed E-state index contributed by atoms with van der Waals surface area (Å²) in [5.41, 5.74) is 0.620. The summed E-state index contributed by atoms with van der Waals surface area (Å²) in [5.74, 6) is -0.0708. The summed E-state index contributed by atoms with van der Waals surface area (Å²) in [6.45, 7) is 6.55. The minimum absolute atomic E-state index is 0.0708. The van der Waals surface area contributed by atoms with Gasteiger partial charge in [-0.15, -0.1) is 0 Å². The number of piperazine rings is 1. The smallest absolute Gasteiger partial charge is 0.243 e. The number of nitrogens with one attached hydrogen (secondary N) is 2. The quantitative estimate of drug-likeness (QED) is 0.799. The molecular formula is C18H28N4O3S. The molecule has 0 aromatic heterocycles. The molecule has 2 heterocycles. The lowest BCUT2D eigenvalue weighted by atomic mass is 10.2. The highest BCUT2D eigenvalue weighted by Crippen LogP contribution is 2.22. The van der Waals surface area contributed by atoms with Crippen molar-refractivity contribution in [1.82, 2.24) is 14.5 Å². The number of sulfonamides is 1. The number of carbonyl (C=O) groups is 1. The maximum Gasteiger partial charge on any atom is 0.243 e. The Morgan fingerprint density at radius 3 is 2.27 bits per heavy atom.